The molecule has 136 valence electrons. The molecule has 0 unspecified atom stereocenters. The van der Waals surface area contributed by atoms with Crippen molar-refractivity contribution in [2.75, 3.05) is 17.4 Å². The van der Waals surface area contributed by atoms with E-state index in [2.05, 4.69) is 15.6 Å². The Kier molecular flexibility index (Phi) is 4.29. The first-order valence-corrected chi connectivity index (χ1v) is 7.98. The molecule has 2 heterocycles. The van der Waals surface area contributed by atoms with E-state index in [-0.39, 0.29) is 12.5 Å². The highest BCUT2D eigenvalue weighted by molar-refractivity contribution is 6.03. The molecule has 2 aromatic carbocycles. The van der Waals surface area contributed by atoms with Crippen molar-refractivity contribution in [3.05, 3.63) is 72.1 Å². The molecule has 0 spiro atoms. The van der Waals surface area contributed by atoms with Gasteiger partial charge in [-0.05, 0) is 36.4 Å². The van der Waals surface area contributed by atoms with Crippen molar-refractivity contribution < 1.29 is 23.0 Å². The summed E-state index contributed by atoms with van der Waals surface area (Å²) in [6, 6.07) is 11.8. The maximum atomic E-state index is 13.6. The molecule has 8 heteroatoms. The van der Waals surface area contributed by atoms with Gasteiger partial charge in [0.15, 0.2) is 11.5 Å². The van der Waals surface area contributed by atoms with Gasteiger partial charge in [0.1, 0.15) is 23.0 Å². The van der Waals surface area contributed by atoms with Crippen LogP contribution in [-0.4, -0.2) is 17.7 Å². The summed E-state index contributed by atoms with van der Waals surface area (Å²) < 4.78 is 37.8. The zero-order valence-electron chi connectivity index (χ0n) is 13.8. The summed E-state index contributed by atoms with van der Waals surface area (Å²) in [6.07, 6.45) is 1.44. The number of carbonyl (C=O) groups is 1. The van der Waals surface area contributed by atoms with E-state index in [4.69, 9.17) is 9.47 Å². The number of nitrogens with zero attached hydrogens (tertiary/aromatic N) is 1. The number of rotatable bonds is 4. The molecule has 4 rings (SSSR count). The van der Waals surface area contributed by atoms with Crippen LogP contribution in [0.25, 0.3) is 0 Å². The number of ether oxygens (including phenoxy) is 2. The predicted octanol–water partition coefficient (Wildman–Crippen LogP) is 4.08. The minimum absolute atomic E-state index is 0.0221. The summed E-state index contributed by atoms with van der Waals surface area (Å²) in [5.41, 5.74) is 0.898. The Morgan fingerprint density at radius 2 is 1.70 bits per heavy atom. The minimum atomic E-state index is -0.857. The fourth-order valence-electron chi connectivity index (χ4n) is 2.54. The molecule has 1 aliphatic rings. The van der Waals surface area contributed by atoms with Crippen LogP contribution < -0.4 is 20.1 Å². The molecule has 0 fully saturated rings. The molecule has 1 aromatic heterocycles. The third kappa shape index (κ3) is 3.50. The first-order valence-electron chi connectivity index (χ1n) is 7.98. The standard InChI is InChI=1S/C19H13F2N3O3/c20-13-2-1-3-14(21)18(13)24-19(25)15-6-4-12(9-22-15)23-11-5-7-16-17(8-11)27-10-26-16/h1-9,23H,10H2,(H,24,25). The largest absolute Gasteiger partial charge is 0.454 e. The summed E-state index contributed by atoms with van der Waals surface area (Å²) in [4.78, 5) is 16.2. The second-order valence-electron chi connectivity index (χ2n) is 5.68. The van der Waals surface area contributed by atoms with Crippen LogP contribution in [0.4, 0.5) is 25.8 Å². The first kappa shape index (κ1) is 16.8. The minimum Gasteiger partial charge on any atom is -0.454 e. The monoisotopic (exact) mass is 369 g/mol. The Morgan fingerprint density at radius 1 is 0.963 bits per heavy atom. The van der Waals surface area contributed by atoms with Gasteiger partial charge in [0.2, 0.25) is 6.79 Å². The molecule has 3 aromatic rings. The fourth-order valence-corrected chi connectivity index (χ4v) is 2.54. The lowest BCUT2D eigenvalue weighted by atomic mass is 10.2. The Bertz CT molecular complexity index is 989. The van der Waals surface area contributed by atoms with Crippen LogP contribution in [0.3, 0.4) is 0 Å². The van der Waals surface area contributed by atoms with Crippen LogP contribution in [0.1, 0.15) is 10.5 Å². The van der Waals surface area contributed by atoms with E-state index in [0.717, 1.165) is 17.8 Å². The topological polar surface area (TPSA) is 72.5 Å². The van der Waals surface area contributed by atoms with Gasteiger partial charge < -0.3 is 20.1 Å². The van der Waals surface area contributed by atoms with Crippen molar-refractivity contribution in [3.63, 3.8) is 0 Å². The maximum Gasteiger partial charge on any atom is 0.274 e. The third-order valence-electron chi connectivity index (χ3n) is 3.86. The van der Waals surface area contributed by atoms with Gasteiger partial charge in [0, 0.05) is 11.8 Å². The number of para-hydroxylation sites is 1. The van der Waals surface area contributed by atoms with Crippen molar-refractivity contribution in [3.8, 4) is 11.5 Å². The number of fused-ring (bicyclic) bond motifs is 1. The Labute approximate surface area is 152 Å². The van der Waals surface area contributed by atoms with Gasteiger partial charge in [-0.15, -0.1) is 0 Å². The van der Waals surface area contributed by atoms with E-state index in [9.17, 15) is 13.6 Å². The van der Waals surface area contributed by atoms with Gasteiger partial charge >= 0.3 is 0 Å². The lowest BCUT2D eigenvalue weighted by Gasteiger charge is -2.09. The van der Waals surface area contributed by atoms with E-state index in [1.807, 2.05) is 6.07 Å². The van der Waals surface area contributed by atoms with Gasteiger partial charge in [-0.3, -0.25) is 4.79 Å². The molecule has 0 saturated carbocycles. The summed E-state index contributed by atoms with van der Waals surface area (Å²) in [7, 11) is 0. The van der Waals surface area contributed by atoms with E-state index in [1.165, 1.54) is 18.3 Å². The highest BCUT2D eigenvalue weighted by Gasteiger charge is 2.15. The van der Waals surface area contributed by atoms with Gasteiger partial charge in [0.25, 0.3) is 5.91 Å². The highest BCUT2D eigenvalue weighted by atomic mass is 19.1. The number of hydrogen-bond acceptors (Lipinski definition) is 5. The summed E-state index contributed by atoms with van der Waals surface area (Å²) in [6.45, 7) is 0.187. The maximum absolute atomic E-state index is 13.6. The van der Waals surface area contributed by atoms with Crippen molar-refractivity contribution >= 4 is 23.0 Å². The zero-order chi connectivity index (χ0) is 18.8. The first-order chi connectivity index (χ1) is 13.1. The lowest BCUT2D eigenvalue weighted by Crippen LogP contribution is -2.15. The highest BCUT2D eigenvalue weighted by Crippen LogP contribution is 2.35. The molecule has 1 aliphatic heterocycles. The number of carbonyl (C=O) groups excluding carboxylic acids is 1. The molecule has 0 aliphatic carbocycles. The van der Waals surface area contributed by atoms with Crippen molar-refractivity contribution in [1.82, 2.24) is 4.98 Å². The molecule has 0 saturated heterocycles. The number of pyridine rings is 1. The molecule has 0 atom stereocenters. The van der Waals surface area contributed by atoms with Crippen LogP contribution in [0, 0.1) is 11.6 Å². The number of amides is 1. The van der Waals surface area contributed by atoms with Crippen molar-refractivity contribution in [2.45, 2.75) is 0 Å². The van der Waals surface area contributed by atoms with Gasteiger partial charge in [-0.25, -0.2) is 13.8 Å². The Hall–Kier alpha value is -3.68. The SMILES string of the molecule is O=C(Nc1c(F)cccc1F)c1ccc(Nc2ccc3c(c2)OCO3)cn1. The van der Waals surface area contributed by atoms with E-state index >= 15 is 0 Å². The van der Waals surface area contributed by atoms with Crippen LogP contribution in [0.15, 0.2) is 54.7 Å². The summed E-state index contributed by atoms with van der Waals surface area (Å²) in [5, 5.41) is 5.31. The van der Waals surface area contributed by atoms with Crippen LogP contribution >= 0.6 is 0 Å². The molecule has 6 nitrogen and oxygen atoms in total. The molecule has 2 N–H and O–H groups in total. The van der Waals surface area contributed by atoms with E-state index < -0.39 is 23.2 Å². The van der Waals surface area contributed by atoms with E-state index in [0.29, 0.717) is 17.2 Å². The number of nitrogens with one attached hydrogen (secondary N) is 2. The molecule has 27 heavy (non-hydrogen) atoms. The number of benzene rings is 2. The van der Waals surface area contributed by atoms with Crippen molar-refractivity contribution in [1.29, 1.82) is 0 Å². The van der Waals surface area contributed by atoms with Crippen LogP contribution in [-0.2, 0) is 0 Å². The Morgan fingerprint density at radius 3 is 2.44 bits per heavy atom. The van der Waals surface area contributed by atoms with Gasteiger partial charge in [-0.2, -0.15) is 0 Å². The molecule has 0 bridgehead atoms. The third-order valence-corrected chi connectivity index (χ3v) is 3.86. The average molecular weight is 369 g/mol. The summed E-state index contributed by atoms with van der Waals surface area (Å²) >= 11 is 0. The number of hydrogen-bond donors (Lipinski definition) is 2. The quantitative estimate of drug-likeness (QED) is 0.725. The van der Waals surface area contributed by atoms with Gasteiger partial charge in [0.05, 0.1) is 11.9 Å². The molecular formula is C19H13F2N3O3. The summed E-state index contributed by atoms with van der Waals surface area (Å²) in [5.74, 6) is -1.12. The van der Waals surface area contributed by atoms with Gasteiger partial charge in [-0.1, -0.05) is 6.07 Å². The molecule has 1 amide bonds. The number of halogens is 2. The van der Waals surface area contributed by atoms with Crippen molar-refractivity contribution in [2.24, 2.45) is 0 Å². The average Bonchev–Trinajstić information content (AvgIpc) is 3.13. The number of aromatic nitrogens is 1. The normalized spacial score (nSPS) is 11.9. The predicted molar refractivity (Wildman–Crippen MR) is 94.4 cm³/mol. The molecule has 0 radical (unpaired) electrons. The van der Waals surface area contributed by atoms with E-state index in [1.54, 1.807) is 18.2 Å². The number of anilines is 3. The smallest absolute Gasteiger partial charge is 0.274 e. The van der Waals surface area contributed by atoms with Crippen LogP contribution in [0.2, 0.25) is 0 Å². The molecular weight excluding hydrogens is 356 g/mol. The van der Waals surface area contributed by atoms with Crippen LogP contribution in [0.5, 0.6) is 11.5 Å². The fraction of sp³-hybridized carbons (Fsp3) is 0.0526. The second kappa shape index (κ2) is 6.91. The lowest BCUT2D eigenvalue weighted by molar-refractivity contribution is 0.102. The zero-order valence-corrected chi connectivity index (χ0v) is 13.8. The second-order valence-corrected chi connectivity index (χ2v) is 5.68. The Balaban J connectivity index is 1.46.